The first-order valence-corrected chi connectivity index (χ1v) is 5.91. The monoisotopic (exact) mass is 240 g/mol. The van der Waals surface area contributed by atoms with Crippen molar-refractivity contribution in [1.29, 1.82) is 0 Å². The molecule has 0 aliphatic heterocycles. The van der Waals surface area contributed by atoms with Crippen molar-refractivity contribution < 1.29 is 4.79 Å². The van der Waals surface area contributed by atoms with Gasteiger partial charge >= 0.3 is 0 Å². The van der Waals surface area contributed by atoms with Gasteiger partial charge in [0.25, 0.3) is 0 Å². The first-order chi connectivity index (χ1) is 8.69. The first-order valence-electron chi connectivity index (χ1n) is 5.91. The third-order valence-corrected chi connectivity index (χ3v) is 2.85. The number of aromatic nitrogens is 1. The van der Waals surface area contributed by atoms with Gasteiger partial charge in [-0.2, -0.15) is 0 Å². The molecule has 1 aromatic heterocycles. The van der Waals surface area contributed by atoms with Gasteiger partial charge in [-0.05, 0) is 31.5 Å². The normalized spacial score (nSPS) is 10.1. The molecule has 1 heterocycles. The van der Waals surface area contributed by atoms with E-state index in [1.165, 1.54) is 11.1 Å². The molecule has 0 fully saturated rings. The smallest absolute Gasteiger partial charge is 0.151 e. The van der Waals surface area contributed by atoms with Crippen molar-refractivity contribution in [3.8, 4) is 0 Å². The summed E-state index contributed by atoms with van der Waals surface area (Å²) in [6.07, 6.45) is 0.825. The van der Waals surface area contributed by atoms with E-state index in [0.717, 1.165) is 24.3 Å². The Balaban J connectivity index is 2.04. The third kappa shape index (κ3) is 2.94. The molecule has 0 saturated carbocycles. The zero-order valence-corrected chi connectivity index (χ0v) is 10.6. The summed E-state index contributed by atoms with van der Waals surface area (Å²) in [6.45, 7) is 4.63. The average Bonchev–Trinajstić information content (AvgIpc) is 2.38. The Morgan fingerprint density at radius 3 is 2.44 bits per heavy atom. The van der Waals surface area contributed by atoms with Crippen LogP contribution in [0.2, 0.25) is 0 Å². The standard InChI is InChI=1S/C15H16N2O/c1-11-3-5-13(6-4-11)9-16-15-8-7-14(10-18)12(2)17-15/h3-8,10H,9H2,1-2H3,(H,16,17). The minimum Gasteiger partial charge on any atom is -0.366 e. The predicted molar refractivity (Wildman–Crippen MR) is 72.9 cm³/mol. The van der Waals surface area contributed by atoms with Crippen molar-refractivity contribution in [2.75, 3.05) is 5.32 Å². The molecule has 3 heteroatoms. The average molecular weight is 240 g/mol. The molecule has 0 radical (unpaired) electrons. The van der Waals surface area contributed by atoms with Crippen molar-refractivity contribution in [3.05, 3.63) is 58.8 Å². The van der Waals surface area contributed by atoms with Crippen molar-refractivity contribution in [2.45, 2.75) is 20.4 Å². The second kappa shape index (κ2) is 5.45. The Kier molecular flexibility index (Phi) is 3.72. The topological polar surface area (TPSA) is 42.0 Å². The summed E-state index contributed by atoms with van der Waals surface area (Å²) in [7, 11) is 0. The Hall–Kier alpha value is -2.16. The Bertz CT molecular complexity index is 547. The van der Waals surface area contributed by atoms with Crippen LogP contribution in [0.25, 0.3) is 0 Å². The number of hydrogen-bond donors (Lipinski definition) is 1. The predicted octanol–water partition coefficient (Wildman–Crippen LogP) is 3.12. The molecule has 0 amide bonds. The van der Waals surface area contributed by atoms with E-state index in [0.29, 0.717) is 5.56 Å². The lowest BCUT2D eigenvalue weighted by Gasteiger charge is -2.07. The van der Waals surface area contributed by atoms with Crippen LogP contribution in [-0.4, -0.2) is 11.3 Å². The number of nitrogens with one attached hydrogen (secondary N) is 1. The molecule has 0 unspecified atom stereocenters. The number of aldehydes is 1. The van der Waals surface area contributed by atoms with Gasteiger partial charge in [0, 0.05) is 12.1 Å². The van der Waals surface area contributed by atoms with E-state index in [-0.39, 0.29) is 0 Å². The summed E-state index contributed by atoms with van der Waals surface area (Å²) in [4.78, 5) is 15.0. The van der Waals surface area contributed by atoms with Gasteiger partial charge in [-0.15, -0.1) is 0 Å². The molecular formula is C15H16N2O. The van der Waals surface area contributed by atoms with Crippen LogP contribution in [0.4, 0.5) is 5.82 Å². The largest absolute Gasteiger partial charge is 0.366 e. The van der Waals surface area contributed by atoms with Crippen molar-refractivity contribution in [1.82, 2.24) is 4.98 Å². The highest BCUT2D eigenvalue weighted by atomic mass is 16.1. The number of hydrogen-bond acceptors (Lipinski definition) is 3. The Morgan fingerprint density at radius 2 is 1.83 bits per heavy atom. The highest BCUT2D eigenvalue weighted by Crippen LogP contribution is 2.10. The molecule has 0 saturated heterocycles. The van der Waals surface area contributed by atoms with E-state index < -0.39 is 0 Å². The maximum absolute atomic E-state index is 10.7. The van der Waals surface area contributed by atoms with Crippen molar-refractivity contribution >= 4 is 12.1 Å². The van der Waals surface area contributed by atoms with E-state index >= 15 is 0 Å². The summed E-state index contributed by atoms with van der Waals surface area (Å²) in [6, 6.07) is 12.0. The lowest BCUT2D eigenvalue weighted by Crippen LogP contribution is -2.03. The molecule has 2 aromatic rings. The van der Waals surface area contributed by atoms with E-state index in [4.69, 9.17) is 0 Å². The molecule has 92 valence electrons. The number of aryl methyl sites for hydroxylation is 2. The number of nitrogens with zero attached hydrogens (tertiary/aromatic N) is 1. The minimum absolute atomic E-state index is 0.635. The van der Waals surface area contributed by atoms with Gasteiger partial charge < -0.3 is 5.32 Å². The van der Waals surface area contributed by atoms with Gasteiger partial charge in [0.15, 0.2) is 6.29 Å². The fourth-order valence-electron chi connectivity index (χ4n) is 1.69. The maximum atomic E-state index is 10.7. The zero-order valence-electron chi connectivity index (χ0n) is 10.6. The highest BCUT2D eigenvalue weighted by Gasteiger charge is 2.00. The number of rotatable bonds is 4. The van der Waals surface area contributed by atoms with Gasteiger partial charge in [0.05, 0.1) is 5.69 Å². The second-order valence-electron chi connectivity index (χ2n) is 4.33. The molecule has 1 aromatic carbocycles. The lowest BCUT2D eigenvalue weighted by atomic mass is 10.1. The molecule has 0 bridgehead atoms. The molecular weight excluding hydrogens is 224 g/mol. The van der Waals surface area contributed by atoms with E-state index in [1.807, 2.05) is 13.0 Å². The summed E-state index contributed by atoms with van der Waals surface area (Å²) in [5, 5.41) is 3.25. The van der Waals surface area contributed by atoms with Crippen molar-refractivity contribution in [3.63, 3.8) is 0 Å². The first kappa shape index (κ1) is 12.3. The molecule has 0 spiro atoms. The minimum atomic E-state index is 0.635. The van der Waals surface area contributed by atoms with Gasteiger partial charge in [-0.3, -0.25) is 4.79 Å². The van der Waals surface area contributed by atoms with Crippen LogP contribution < -0.4 is 5.32 Å². The number of benzene rings is 1. The van der Waals surface area contributed by atoms with Crippen molar-refractivity contribution in [2.24, 2.45) is 0 Å². The van der Waals surface area contributed by atoms with Crippen LogP contribution in [0, 0.1) is 13.8 Å². The lowest BCUT2D eigenvalue weighted by molar-refractivity contribution is 0.112. The van der Waals surface area contributed by atoms with E-state index in [2.05, 4.69) is 41.5 Å². The maximum Gasteiger partial charge on any atom is 0.151 e. The van der Waals surface area contributed by atoms with Gasteiger partial charge in [-0.25, -0.2) is 4.98 Å². The quantitative estimate of drug-likeness (QED) is 0.835. The van der Waals surface area contributed by atoms with Crippen LogP contribution in [0.15, 0.2) is 36.4 Å². The fraction of sp³-hybridized carbons (Fsp3) is 0.200. The second-order valence-corrected chi connectivity index (χ2v) is 4.33. The van der Waals surface area contributed by atoms with Crippen LogP contribution in [-0.2, 0) is 6.54 Å². The van der Waals surface area contributed by atoms with Crippen LogP contribution in [0.1, 0.15) is 27.2 Å². The Morgan fingerprint density at radius 1 is 1.11 bits per heavy atom. The van der Waals surface area contributed by atoms with Crippen LogP contribution in [0.3, 0.4) is 0 Å². The molecule has 18 heavy (non-hydrogen) atoms. The van der Waals surface area contributed by atoms with Crippen LogP contribution in [0.5, 0.6) is 0 Å². The number of carbonyl (C=O) groups is 1. The summed E-state index contributed by atoms with van der Waals surface area (Å²) >= 11 is 0. The number of carbonyl (C=O) groups excluding carboxylic acids is 1. The summed E-state index contributed by atoms with van der Waals surface area (Å²) in [5.41, 5.74) is 3.84. The molecule has 0 atom stereocenters. The van der Waals surface area contributed by atoms with Crippen LogP contribution >= 0.6 is 0 Å². The summed E-state index contributed by atoms with van der Waals surface area (Å²) in [5.74, 6) is 0.790. The SMILES string of the molecule is Cc1ccc(CNc2ccc(C=O)c(C)n2)cc1. The zero-order chi connectivity index (χ0) is 13.0. The number of pyridine rings is 1. The molecule has 2 rings (SSSR count). The van der Waals surface area contributed by atoms with Gasteiger partial charge in [0.1, 0.15) is 5.82 Å². The molecule has 0 aliphatic rings. The highest BCUT2D eigenvalue weighted by molar-refractivity contribution is 5.76. The number of anilines is 1. The van der Waals surface area contributed by atoms with Gasteiger partial charge in [-0.1, -0.05) is 29.8 Å². The molecule has 0 aliphatic carbocycles. The van der Waals surface area contributed by atoms with Gasteiger partial charge in [0.2, 0.25) is 0 Å². The molecule has 1 N–H and O–H groups in total. The Labute approximate surface area is 107 Å². The van der Waals surface area contributed by atoms with E-state index in [1.54, 1.807) is 6.07 Å². The third-order valence-electron chi connectivity index (χ3n) is 2.85. The molecule has 3 nitrogen and oxygen atoms in total. The fourth-order valence-corrected chi connectivity index (χ4v) is 1.69. The summed E-state index contributed by atoms with van der Waals surface area (Å²) < 4.78 is 0. The van der Waals surface area contributed by atoms with E-state index in [9.17, 15) is 4.79 Å².